The van der Waals surface area contributed by atoms with E-state index in [1.165, 1.54) is 0 Å². The molecule has 1 fully saturated rings. The zero-order valence-electron chi connectivity index (χ0n) is 18.3. The first kappa shape index (κ1) is 23.7. The van der Waals surface area contributed by atoms with Crippen LogP contribution < -0.4 is 5.32 Å². The molecule has 31 heavy (non-hydrogen) atoms. The van der Waals surface area contributed by atoms with E-state index in [0.29, 0.717) is 23.7 Å². The van der Waals surface area contributed by atoms with Crippen LogP contribution in [0.1, 0.15) is 50.2 Å². The van der Waals surface area contributed by atoms with Gasteiger partial charge in [-0.3, -0.25) is 9.59 Å². The van der Waals surface area contributed by atoms with Crippen molar-refractivity contribution in [3.63, 3.8) is 0 Å². The molecule has 0 aliphatic heterocycles. The van der Waals surface area contributed by atoms with Gasteiger partial charge < -0.3 is 10.2 Å². The molecule has 2 amide bonds. The second-order valence-electron chi connectivity index (χ2n) is 8.17. The highest BCUT2D eigenvalue weighted by Crippen LogP contribution is 2.23. The van der Waals surface area contributed by atoms with E-state index in [1.807, 2.05) is 62.4 Å². The molecule has 1 aliphatic carbocycles. The van der Waals surface area contributed by atoms with E-state index in [4.69, 9.17) is 11.6 Å². The zero-order chi connectivity index (χ0) is 22.2. The van der Waals surface area contributed by atoms with E-state index in [0.717, 1.165) is 41.7 Å². The fourth-order valence-corrected chi connectivity index (χ4v) is 4.84. The smallest absolute Gasteiger partial charge is 0.242 e. The molecule has 0 bridgehead atoms. The minimum absolute atomic E-state index is 0.00112. The van der Waals surface area contributed by atoms with Gasteiger partial charge in [-0.05, 0) is 62.1 Å². The number of carbonyl (C=O) groups is 2. The predicted molar refractivity (Wildman–Crippen MR) is 128 cm³/mol. The van der Waals surface area contributed by atoms with Gasteiger partial charge in [-0.15, -0.1) is 11.8 Å². The number of nitrogens with one attached hydrogen (secondary N) is 1. The summed E-state index contributed by atoms with van der Waals surface area (Å²) in [5, 5.41) is 3.85. The minimum atomic E-state index is -0.506. The van der Waals surface area contributed by atoms with E-state index >= 15 is 0 Å². The van der Waals surface area contributed by atoms with Crippen LogP contribution in [0.3, 0.4) is 0 Å². The van der Waals surface area contributed by atoms with Gasteiger partial charge in [0.25, 0.3) is 0 Å². The van der Waals surface area contributed by atoms with Crippen molar-refractivity contribution in [3.8, 4) is 0 Å². The first-order valence-corrected chi connectivity index (χ1v) is 12.3. The second kappa shape index (κ2) is 11.6. The maximum Gasteiger partial charge on any atom is 0.242 e. The molecule has 0 heterocycles. The lowest BCUT2D eigenvalue weighted by Crippen LogP contribution is -2.49. The van der Waals surface area contributed by atoms with Gasteiger partial charge in [0.05, 0.1) is 0 Å². The molecule has 0 spiro atoms. The molecule has 4 nitrogen and oxygen atoms in total. The number of carbonyl (C=O) groups excluding carboxylic acids is 2. The van der Waals surface area contributed by atoms with Gasteiger partial charge in [-0.1, -0.05) is 48.7 Å². The minimum Gasteiger partial charge on any atom is -0.352 e. The molecule has 0 saturated heterocycles. The van der Waals surface area contributed by atoms with Crippen LogP contribution in [0.25, 0.3) is 0 Å². The number of thioether (sulfide) groups is 1. The van der Waals surface area contributed by atoms with E-state index in [1.54, 1.807) is 16.7 Å². The summed E-state index contributed by atoms with van der Waals surface area (Å²) < 4.78 is 0. The Hall–Kier alpha value is -1.98. The van der Waals surface area contributed by atoms with Crippen LogP contribution in [0, 0.1) is 6.92 Å². The highest BCUT2D eigenvalue weighted by atomic mass is 35.5. The summed E-state index contributed by atoms with van der Waals surface area (Å²) in [6.45, 7) is 4.32. The lowest BCUT2D eigenvalue weighted by Gasteiger charge is -2.30. The van der Waals surface area contributed by atoms with Gasteiger partial charge in [-0.2, -0.15) is 0 Å². The van der Waals surface area contributed by atoms with Gasteiger partial charge in [-0.25, -0.2) is 0 Å². The summed E-state index contributed by atoms with van der Waals surface area (Å²) in [4.78, 5) is 28.9. The van der Waals surface area contributed by atoms with Gasteiger partial charge in [0.15, 0.2) is 0 Å². The number of rotatable bonds is 9. The average Bonchev–Trinajstić information content (AvgIpc) is 3.27. The Balaban J connectivity index is 1.66. The first-order chi connectivity index (χ1) is 14.9. The van der Waals surface area contributed by atoms with E-state index in [9.17, 15) is 9.59 Å². The van der Waals surface area contributed by atoms with Crippen molar-refractivity contribution in [1.29, 1.82) is 0 Å². The van der Waals surface area contributed by atoms with Crippen molar-refractivity contribution < 1.29 is 9.59 Å². The highest BCUT2D eigenvalue weighted by Gasteiger charge is 2.28. The van der Waals surface area contributed by atoms with Crippen molar-refractivity contribution in [2.75, 3.05) is 5.75 Å². The molecule has 2 aromatic rings. The zero-order valence-corrected chi connectivity index (χ0v) is 19.8. The Morgan fingerprint density at radius 3 is 2.48 bits per heavy atom. The quantitative estimate of drug-likeness (QED) is 0.497. The second-order valence-corrected chi connectivity index (χ2v) is 9.77. The maximum absolute atomic E-state index is 13.2. The number of benzene rings is 2. The Labute approximate surface area is 194 Å². The Morgan fingerprint density at radius 1 is 1.13 bits per heavy atom. The summed E-state index contributed by atoms with van der Waals surface area (Å²) in [6.07, 6.45) is 4.75. The van der Waals surface area contributed by atoms with Gasteiger partial charge in [0, 0.05) is 34.7 Å². The summed E-state index contributed by atoms with van der Waals surface area (Å²) in [5.41, 5.74) is 2.20. The number of hydrogen-bond acceptors (Lipinski definition) is 3. The molecule has 1 N–H and O–H groups in total. The molecule has 3 rings (SSSR count). The van der Waals surface area contributed by atoms with Crippen molar-refractivity contribution in [3.05, 3.63) is 64.7 Å². The third-order valence-electron chi connectivity index (χ3n) is 5.87. The van der Waals surface area contributed by atoms with Gasteiger partial charge in [0.1, 0.15) is 6.04 Å². The van der Waals surface area contributed by atoms with Crippen molar-refractivity contribution in [1.82, 2.24) is 10.2 Å². The van der Waals surface area contributed by atoms with Crippen molar-refractivity contribution in [2.45, 2.75) is 69.5 Å². The normalized spacial score (nSPS) is 14.9. The van der Waals surface area contributed by atoms with Crippen molar-refractivity contribution in [2.24, 2.45) is 0 Å². The molecule has 6 heteroatoms. The molecule has 2 aromatic carbocycles. The van der Waals surface area contributed by atoms with Crippen LogP contribution in [-0.2, 0) is 16.1 Å². The average molecular weight is 459 g/mol. The Kier molecular flexibility index (Phi) is 8.85. The molecule has 1 atom stereocenters. The largest absolute Gasteiger partial charge is 0.352 e. The Bertz CT molecular complexity index is 881. The number of halogens is 1. The fraction of sp³-hybridized carbons (Fsp3) is 0.440. The number of amides is 2. The van der Waals surface area contributed by atoms with E-state index < -0.39 is 6.04 Å². The molecule has 0 unspecified atom stereocenters. The number of nitrogens with zero attached hydrogens (tertiary/aromatic N) is 1. The summed E-state index contributed by atoms with van der Waals surface area (Å²) >= 11 is 7.57. The number of hydrogen-bond donors (Lipinski definition) is 1. The van der Waals surface area contributed by atoms with Crippen LogP contribution in [0.2, 0.25) is 5.02 Å². The van der Waals surface area contributed by atoms with Gasteiger partial charge >= 0.3 is 0 Å². The van der Waals surface area contributed by atoms with Crippen LogP contribution >= 0.6 is 23.4 Å². The monoisotopic (exact) mass is 458 g/mol. The lowest BCUT2D eigenvalue weighted by molar-refractivity contribution is -0.140. The fourth-order valence-electron chi connectivity index (χ4n) is 3.88. The lowest BCUT2D eigenvalue weighted by atomic mass is 10.1. The summed E-state index contributed by atoms with van der Waals surface area (Å²) in [6, 6.07) is 15.4. The van der Waals surface area contributed by atoms with Gasteiger partial charge in [0.2, 0.25) is 11.8 Å². The first-order valence-electron chi connectivity index (χ1n) is 11.0. The highest BCUT2D eigenvalue weighted by molar-refractivity contribution is 7.99. The number of aryl methyl sites for hydroxylation is 1. The third kappa shape index (κ3) is 7.01. The third-order valence-corrected chi connectivity index (χ3v) is 7.13. The Morgan fingerprint density at radius 2 is 1.81 bits per heavy atom. The molecular formula is C25H31ClN2O2S. The molecule has 1 saturated carbocycles. The molecular weight excluding hydrogens is 428 g/mol. The molecule has 1 aliphatic rings. The maximum atomic E-state index is 13.2. The summed E-state index contributed by atoms with van der Waals surface area (Å²) in [5.74, 6) is 0.597. The van der Waals surface area contributed by atoms with Crippen LogP contribution in [-0.4, -0.2) is 34.6 Å². The van der Waals surface area contributed by atoms with Crippen LogP contribution in [0.5, 0.6) is 0 Å². The van der Waals surface area contributed by atoms with E-state index in [2.05, 4.69) is 5.32 Å². The topological polar surface area (TPSA) is 49.4 Å². The van der Waals surface area contributed by atoms with Crippen LogP contribution in [0.4, 0.5) is 0 Å². The summed E-state index contributed by atoms with van der Waals surface area (Å²) in [7, 11) is 0. The molecule has 166 valence electrons. The predicted octanol–water partition coefficient (Wildman–Crippen LogP) is 5.61. The van der Waals surface area contributed by atoms with Crippen LogP contribution in [0.15, 0.2) is 53.4 Å². The van der Waals surface area contributed by atoms with E-state index in [-0.39, 0.29) is 17.9 Å². The SMILES string of the molecule is Cc1ccccc1CN(C(=O)CCSc1ccc(Cl)cc1)[C@H](C)C(=O)NC1CCCC1. The standard InChI is InChI=1S/C25H31ClN2O2S/c1-18-7-3-4-8-20(18)17-28(19(2)25(30)27-22-9-5-6-10-22)24(29)15-16-31-23-13-11-21(26)12-14-23/h3-4,7-8,11-14,19,22H,5-6,9-10,15-17H2,1-2H3,(H,27,30)/t19-/m1/s1. The molecule has 0 radical (unpaired) electrons. The van der Waals surface area contributed by atoms with Crippen molar-refractivity contribution >= 4 is 35.2 Å². The molecule has 0 aromatic heterocycles.